The van der Waals surface area contributed by atoms with E-state index in [1.54, 1.807) is 0 Å². The molecule has 1 heterocycles. The van der Waals surface area contributed by atoms with Gasteiger partial charge >= 0.3 is 35.5 Å². The van der Waals surface area contributed by atoms with Gasteiger partial charge in [0.25, 0.3) is 0 Å². The van der Waals surface area contributed by atoms with Crippen LogP contribution in [0.3, 0.4) is 0 Å². The van der Waals surface area contributed by atoms with E-state index < -0.39 is 73.6 Å². The van der Waals surface area contributed by atoms with E-state index >= 15 is 0 Å². The summed E-state index contributed by atoms with van der Waals surface area (Å²) in [5, 5.41) is 73.3. The zero-order chi connectivity index (χ0) is 22.9. The Bertz CT molecular complexity index is 454. The van der Waals surface area contributed by atoms with Gasteiger partial charge in [-0.3, -0.25) is 4.79 Å². The normalized spacial score (nSPS) is 40.6. The first-order chi connectivity index (χ1) is 13.6. The van der Waals surface area contributed by atoms with E-state index in [4.69, 9.17) is 29.1 Å². The Morgan fingerprint density at radius 3 is 1.83 bits per heavy atom. The van der Waals surface area contributed by atoms with Crippen molar-refractivity contribution in [1.29, 1.82) is 0 Å². The number of methoxy groups -OCH3 is 2. The van der Waals surface area contributed by atoms with Gasteiger partial charge < -0.3 is 59.7 Å². The molecule has 0 amide bonds. The van der Waals surface area contributed by atoms with E-state index in [0.29, 0.717) is 0 Å². The first kappa shape index (κ1) is 32.5. The minimum absolute atomic E-state index is 0. The van der Waals surface area contributed by atoms with Gasteiger partial charge in [0.1, 0.15) is 36.6 Å². The molecule has 174 valence electrons. The molecule has 1 saturated carbocycles. The van der Waals surface area contributed by atoms with Gasteiger partial charge in [0.15, 0.2) is 6.29 Å². The predicted octanol–water partition coefficient (Wildman–Crippen LogP) is -7.87. The van der Waals surface area contributed by atoms with Crippen LogP contribution in [0.25, 0.3) is 0 Å². The van der Waals surface area contributed by atoms with Crippen LogP contribution in [0, 0.1) is 5.92 Å². The largest absolute Gasteiger partial charge is 1.00 e. The predicted molar refractivity (Wildman–Crippen MR) is 91.2 cm³/mol. The van der Waals surface area contributed by atoms with Crippen LogP contribution in [0.1, 0.15) is 6.42 Å². The molecule has 0 aromatic carbocycles. The molecule has 0 aromatic heterocycles. The number of hydrogen-bond donors (Lipinski definition) is 8. The van der Waals surface area contributed by atoms with Gasteiger partial charge in [-0.1, -0.05) is 0 Å². The monoisotopic (exact) mass is 474 g/mol. The summed E-state index contributed by atoms with van der Waals surface area (Å²) in [6, 6.07) is 0. The fourth-order valence-electron chi connectivity index (χ4n) is 2.93. The van der Waals surface area contributed by atoms with Gasteiger partial charge in [0.2, 0.25) is 0 Å². The summed E-state index contributed by atoms with van der Waals surface area (Å²) in [7, 11) is 2.62. The SMILES string of the molecule is COC1CC(C(=O)O)C(O)C(O)C1O.COC1OC(CO)C(O)C(O)C1O.[Na+].[O-]Cl. The average Bonchev–Trinajstić information content (AvgIpc) is 2.72. The standard InChI is InChI=1S/C8H14O6.C7H14O6.ClO.Na/c1-14-4-2-3(8(12)13)5(9)7(11)6(4)10;1-12-7-6(11)5(10)4(9)3(2-8)13-7;1-2;/h3-7,9-11H,2H2,1H3,(H,12,13);3-11H,2H2,1H3;;/q;;-1;+1. The van der Waals surface area contributed by atoms with Gasteiger partial charge in [0, 0.05) is 14.2 Å². The smallest absolute Gasteiger partial charge is 0.769 e. The maximum atomic E-state index is 10.7. The van der Waals surface area contributed by atoms with Crippen molar-refractivity contribution in [3.8, 4) is 0 Å². The minimum atomic E-state index is -1.48. The molecular weight excluding hydrogens is 447 g/mol. The zero-order valence-corrected chi connectivity index (χ0v) is 19.4. The summed E-state index contributed by atoms with van der Waals surface area (Å²) in [5.41, 5.74) is 0. The van der Waals surface area contributed by atoms with Crippen LogP contribution in [0.2, 0.25) is 0 Å². The molecule has 10 atom stereocenters. The summed E-state index contributed by atoms with van der Waals surface area (Å²) >= 11 is 3.39. The molecule has 30 heavy (non-hydrogen) atoms. The average molecular weight is 475 g/mol. The van der Waals surface area contributed by atoms with Gasteiger partial charge in [-0.15, -0.1) is 0 Å². The fourth-order valence-corrected chi connectivity index (χ4v) is 2.93. The van der Waals surface area contributed by atoms with Crippen LogP contribution in [0.4, 0.5) is 0 Å². The number of carboxylic acid groups (broad SMARTS) is 1. The van der Waals surface area contributed by atoms with E-state index in [1.807, 2.05) is 0 Å². The van der Waals surface area contributed by atoms with Crippen molar-refractivity contribution in [3.05, 3.63) is 0 Å². The molecule has 13 nitrogen and oxygen atoms in total. The Morgan fingerprint density at radius 2 is 1.43 bits per heavy atom. The molecule has 10 unspecified atom stereocenters. The second-order valence-corrected chi connectivity index (χ2v) is 6.36. The number of aliphatic hydroxyl groups excluding tert-OH is 7. The molecule has 2 fully saturated rings. The molecule has 8 N–H and O–H groups in total. The first-order valence-corrected chi connectivity index (χ1v) is 8.70. The molecule has 0 aromatic rings. The molecule has 0 bridgehead atoms. The molecule has 2 rings (SSSR count). The Labute approximate surface area is 199 Å². The zero-order valence-electron chi connectivity index (χ0n) is 16.7. The Morgan fingerprint density at radius 1 is 0.933 bits per heavy atom. The minimum Gasteiger partial charge on any atom is -0.769 e. The van der Waals surface area contributed by atoms with Crippen LogP contribution in [0.15, 0.2) is 0 Å². The van der Waals surface area contributed by atoms with Crippen LogP contribution in [-0.4, -0.2) is 123 Å². The second-order valence-electron chi connectivity index (χ2n) is 6.36. The summed E-state index contributed by atoms with van der Waals surface area (Å²) in [5.74, 6) is -2.30. The van der Waals surface area contributed by atoms with Crippen LogP contribution >= 0.6 is 11.9 Å². The molecule has 2 aliphatic rings. The fraction of sp³-hybridized carbons (Fsp3) is 0.933. The van der Waals surface area contributed by atoms with Crippen molar-refractivity contribution < 1.29 is 94.1 Å². The molecular formula is C15H28ClNaO13. The number of aliphatic carboxylic acids is 1. The number of carboxylic acids is 1. The topological polar surface area (TPSA) is 230 Å². The summed E-state index contributed by atoms with van der Waals surface area (Å²) in [4.78, 5) is 10.7. The summed E-state index contributed by atoms with van der Waals surface area (Å²) in [6.07, 6.45) is -10.8. The van der Waals surface area contributed by atoms with Crippen LogP contribution < -0.4 is 34.2 Å². The molecule has 15 heteroatoms. The van der Waals surface area contributed by atoms with E-state index in [0.717, 1.165) is 0 Å². The summed E-state index contributed by atoms with van der Waals surface area (Å²) < 4.78 is 22.2. The van der Waals surface area contributed by atoms with Crippen molar-refractivity contribution >= 4 is 17.8 Å². The van der Waals surface area contributed by atoms with Gasteiger partial charge in [-0.2, -0.15) is 0 Å². The van der Waals surface area contributed by atoms with Gasteiger partial charge in [-0.05, 0) is 6.42 Å². The molecule has 1 saturated heterocycles. The number of rotatable bonds is 4. The van der Waals surface area contributed by atoms with E-state index in [2.05, 4.69) is 11.9 Å². The number of ether oxygens (including phenoxy) is 3. The van der Waals surface area contributed by atoms with E-state index in [-0.39, 0.29) is 36.0 Å². The van der Waals surface area contributed by atoms with E-state index in [1.165, 1.54) is 14.2 Å². The van der Waals surface area contributed by atoms with Crippen molar-refractivity contribution in [2.45, 2.75) is 61.5 Å². The number of carbonyl (C=O) groups is 1. The van der Waals surface area contributed by atoms with Crippen LogP contribution in [-0.2, 0) is 19.0 Å². The molecule has 1 aliphatic heterocycles. The Kier molecular flexibility index (Phi) is 17.3. The maximum absolute atomic E-state index is 10.7. The number of hydrogen-bond acceptors (Lipinski definition) is 12. The van der Waals surface area contributed by atoms with Gasteiger partial charge in [0.05, 0.1) is 24.7 Å². The van der Waals surface area contributed by atoms with Crippen molar-refractivity contribution in [2.75, 3.05) is 20.8 Å². The van der Waals surface area contributed by atoms with Crippen molar-refractivity contribution in [2.24, 2.45) is 5.92 Å². The number of halogens is 1. The molecule has 0 spiro atoms. The first-order valence-electron chi connectivity index (χ1n) is 8.39. The van der Waals surface area contributed by atoms with Crippen molar-refractivity contribution in [1.82, 2.24) is 0 Å². The third-order valence-corrected chi connectivity index (χ3v) is 4.68. The van der Waals surface area contributed by atoms with E-state index in [9.17, 15) is 35.4 Å². The Balaban J connectivity index is 0. The van der Waals surface area contributed by atoms with Crippen molar-refractivity contribution in [3.63, 3.8) is 0 Å². The Hall–Kier alpha value is 0.320. The molecule has 0 radical (unpaired) electrons. The van der Waals surface area contributed by atoms with Crippen LogP contribution in [0.5, 0.6) is 0 Å². The van der Waals surface area contributed by atoms with Gasteiger partial charge in [-0.25, -0.2) is 11.9 Å². The molecule has 1 aliphatic carbocycles. The summed E-state index contributed by atoms with van der Waals surface area (Å²) in [6.45, 7) is -0.440. The second kappa shape index (κ2) is 16.0. The quantitative estimate of drug-likeness (QED) is 0.177. The number of aliphatic hydroxyl groups is 7. The maximum Gasteiger partial charge on any atom is 1.00 e. The third kappa shape index (κ3) is 8.35. The third-order valence-electron chi connectivity index (χ3n) is 4.68.